The lowest BCUT2D eigenvalue weighted by molar-refractivity contribution is 0.319. The van der Waals surface area contributed by atoms with E-state index < -0.39 is 0 Å². The van der Waals surface area contributed by atoms with E-state index in [9.17, 15) is 0 Å². The first-order valence-electron chi connectivity index (χ1n) is 18.6. The van der Waals surface area contributed by atoms with Gasteiger partial charge in [0.15, 0.2) is 11.6 Å². The topological polar surface area (TPSA) is 152 Å². The first-order chi connectivity index (χ1) is 27.4. The fourth-order valence-electron chi connectivity index (χ4n) is 6.62. The predicted octanol–water partition coefficient (Wildman–Crippen LogP) is 7.93. The van der Waals surface area contributed by atoms with E-state index in [0.29, 0.717) is 11.4 Å². The maximum absolute atomic E-state index is 9.09. The normalized spacial score (nSPS) is 12.1. The minimum absolute atomic E-state index is 0.112. The van der Waals surface area contributed by atoms with E-state index in [0.717, 1.165) is 84.4 Å². The fraction of sp³-hybridized carbons (Fsp3) is 0.205. The van der Waals surface area contributed by atoms with Crippen molar-refractivity contribution in [3.05, 3.63) is 132 Å². The Hall–Kier alpha value is -6.99. The number of hydrogen-bond donors (Lipinski definition) is 2. The Morgan fingerprint density at radius 3 is 1.58 bits per heavy atom. The van der Waals surface area contributed by atoms with Crippen molar-refractivity contribution in [2.75, 3.05) is 38.0 Å². The molecule has 1 unspecified atom stereocenters. The van der Waals surface area contributed by atoms with E-state index in [1.165, 1.54) is 0 Å². The second-order valence-corrected chi connectivity index (χ2v) is 14.4. The number of nitrogens with two attached hydrogens (primary N) is 1. The summed E-state index contributed by atoms with van der Waals surface area (Å²) < 4.78 is 3.73. The molecule has 3 N–H and O–H groups in total. The molecule has 0 saturated carbocycles. The highest BCUT2D eigenvalue weighted by Gasteiger charge is 2.17. The second-order valence-electron chi connectivity index (χ2n) is 14.4. The molecule has 13 nitrogen and oxygen atoms in total. The maximum atomic E-state index is 9.09. The molecule has 6 heterocycles. The molecule has 0 bridgehead atoms. The summed E-state index contributed by atoms with van der Waals surface area (Å²) >= 11 is 0. The number of pyridine rings is 4. The van der Waals surface area contributed by atoms with E-state index >= 15 is 0 Å². The molecule has 8 aromatic rings. The maximum Gasteiger partial charge on any atom is 0.154 e. The molecule has 0 aliphatic heterocycles. The Balaban J connectivity index is 0.000000174. The number of nitrogens with zero attached hydrogens (tertiary/aromatic N) is 11. The number of aromatic nitrogens is 8. The van der Waals surface area contributed by atoms with E-state index in [-0.39, 0.29) is 6.04 Å². The van der Waals surface area contributed by atoms with Gasteiger partial charge in [-0.25, -0.2) is 24.3 Å². The molecular formula is C44H46N12O. The third-order valence-corrected chi connectivity index (χ3v) is 9.58. The molecule has 13 heteroatoms. The molecule has 8 rings (SSSR count). The van der Waals surface area contributed by atoms with Crippen LogP contribution in [0.25, 0.3) is 56.0 Å². The molecule has 0 amide bonds. The summed E-state index contributed by atoms with van der Waals surface area (Å²) in [5.74, 6) is 1.57. The first kappa shape index (κ1) is 38.3. The lowest BCUT2D eigenvalue weighted by Gasteiger charge is -2.16. The van der Waals surface area contributed by atoms with Crippen molar-refractivity contribution in [3.63, 3.8) is 0 Å². The van der Waals surface area contributed by atoms with Gasteiger partial charge in [-0.3, -0.25) is 4.98 Å². The Kier molecular flexibility index (Phi) is 10.8. The first-order valence-corrected chi connectivity index (χ1v) is 18.6. The van der Waals surface area contributed by atoms with Gasteiger partial charge in [0.05, 0.1) is 46.2 Å². The Labute approximate surface area is 331 Å². The standard InChI is InChI=1S/C22H22N6O.C22H24N6/c1-14-7-5-10-22(24-14)28-21-12-16(11-20(27(3)4)17(21)13-23-28)19-9-6-8-18(25-19)15(2)26-29;1-14-7-5-10-22(25-14)28-21-12-16(11-20(27(3)4)17(21)13-24-28)19-9-6-8-18(26-19)15(2)23/h5-13,29H,1-4H3;5-13,15H,23H2,1-4H3/b26-15-;. The Morgan fingerprint density at radius 1 is 0.649 bits per heavy atom. The monoisotopic (exact) mass is 758 g/mol. The van der Waals surface area contributed by atoms with Gasteiger partial charge >= 0.3 is 0 Å². The van der Waals surface area contributed by atoms with Crippen LogP contribution in [0.4, 0.5) is 11.4 Å². The zero-order valence-electron chi connectivity index (χ0n) is 33.4. The van der Waals surface area contributed by atoms with Crippen molar-refractivity contribution >= 4 is 38.9 Å². The highest BCUT2D eigenvalue weighted by Crippen LogP contribution is 2.34. The Morgan fingerprint density at radius 2 is 1.12 bits per heavy atom. The van der Waals surface area contributed by atoms with Crippen LogP contribution in [0.15, 0.2) is 115 Å². The van der Waals surface area contributed by atoms with Gasteiger partial charge in [0.2, 0.25) is 0 Å². The molecule has 6 aromatic heterocycles. The summed E-state index contributed by atoms with van der Waals surface area (Å²) in [5.41, 5.74) is 17.6. The van der Waals surface area contributed by atoms with E-state index in [1.54, 1.807) is 6.92 Å². The number of aryl methyl sites for hydroxylation is 2. The molecule has 57 heavy (non-hydrogen) atoms. The Bertz CT molecular complexity index is 2740. The molecule has 0 aliphatic carbocycles. The summed E-state index contributed by atoms with van der Waals surface area (Å²) in [6.45, 7) is 7.61. The molecule has 0 saturated heterocycles. The summed E-state index contributed by atoms with van der Waals surface area (Å²) in [4.78, 5) is 22.8. The molecular weight excluding hydrogens is 713 g/mol. The van der Waals surface area contributed by atoms with Gasteiger partial charge in [0.1, 0.15) is 5.71 Å². The van der Waals surface area contributed by atoms with Crippen molar-refractivity contribution in [2.24, 2.45) is 10.9 Å². The summed E-state index contributed by atoms with van der Waals surface area (Å²) in [7, 11) is 8.08. The van der Waals surface area contributed by atoms with Crippen molar-refractivity contribution < 1.29 is 5.21 Å². The van der Waals surface area contributed by atoms with Crippen LogP contribution >= 0.6 is 0 Å². The lowest BCUT2D eigenvalue weighted by Crippen LogP contribution is -2.10. The van der Waals surface area contributed by atoms with Gasteiger partial charge in [0.25, 0.3) is 0 Å². The zero-order valence-corrected chi connectivity index (χ0v) is 33.4. The van der Waals surface area contributed by atoms with Gasteiger partial charge in [-0.1, -0.05) is 29.4 Å². The van der Waals surface area contributed by atoms with Gasteiger partial charge in [-0.05, 0) is 100 Å². The molecule has 288 valence electrons. The smallest absolute Gasteiger partial charge is 0.154 e. The molecule has 2 aromatic carbocycles. The predicted molar refractivity (Wildman–Crippen MR) is 229 cm³/mol. The van der Waals surface area contributed by atoms with Crippen LogP contribution < -0.4 is 15.5 Å². The van der Waals surface area contributed by atoms with Crippen LogP contribution in [0.5, 0.6) is 0 Å². The number of oxime groups is 1. The van der Waals surface area contributed by atoms with Crippen molar-refractivity contribution in [3.8, 4) is 34.2 Å². The number of hydrogen-bond acceptors (Lipinski definition) is 11. The SMILES string of the molecule is C/C(=N/O)c1cccc(-c2cc(N(C)C)c3cnn(-c4cccc(C)n4)c3c2)n1.Cc1cccc(-n2ncc3c(N(C)C)cc(-c4cccc(C(C)N)n4)cc32)n1. The molecule has 0 aliphatic rings. The fourth-order valence-corrected chi connectivity index (χ4v) is 6.62. The molecule has 0 fully saturated rings. The molecule has 1 atom stereocenters. The number of fused-ring (bicyclic) bond motifs is 2. The third kappa shape index (κ3) is 7.91. The number of benzene rings is 2. The quantitative estimate of drug-likeness (QED) is 0.0888. The average Bonchev–Trinajstić information content (AvgIpc) is 3.85. The van der Waals surface area contributed by atoms with E-state index in [4.69, 9.17) is 15.9 Å². The van der Waals surface area contributed by atoms with Crippen LogP contribution in [0.3, 0.4) is 0 Å². The largest absolute Gasteiger partial charge is 0.411 e. The molecule has 0 radical (unpaired) electrons. The lowest BCUT2D eigenvalue weighted by atomic mass is 10.1. The average molecular weight is 759 g/mol. The van der Waals surface area contributed by atoms with Crippen molar-refractivity contribution in [1.82, 2.24) is 39.5 Å². The summed E-state index contributed by atoms with van der Waals surface area (Å²) in [6.07, 6.45) is 3.76. The minimum atomic E-state index is -0.112. The van der Waals surface area contributed by atoms with Gasteiger partial charge in [-0.15, -0.1) is 0 Å². The minimum Gasteiger partial charge on any atom is -0.411 e. The third-order valence-electron chi connectivity index (χ3n) is 9.58. The molecule has 0 spiro atoms. The van der Waals surface area contributed by atoms with Crippen molar-refractivity contribution in [1.29, 1.82) is 0 Å². The number of rotatable bonds is 8. The summed E-state index contributed by atoms with van der Waals surface area (Å²) in [5, 5.41) is 23.7. The van der Waals surface area contributed by atoms with Crippen LogP contribution in [0.2, 0.25) is 0 Å². The van der Waals surface area contributed by atoms with Crippen molar-refractivity contribution in [2.45, 2.75) is 33.7 Å². The van der Waals surface area contributed by atoms with E-state index in [1.807, 2.05) is 144 Å². The number of anilines is 2. The highest BCUT2D eigenvalue weighted by molar-refractivity contribution is 5.99. The zero-order chi connectivity index (χ0) is 40.4. The van der Waals surface area contributed by atoms with Crippen LogP contribution in [-0.2, 0) is 0 Å². The van der Waals surface area contributed by atoms with Crippen LogP contribution in [0, 0.1) is 13.8 Å². The van der Waals surface area contributed by atoms with E-state index in [2.05, 4.69) is 64.4 Å². The summed E-state index contributed by atoms with van der Waals surface area (Å²) in [6, 6.07) is 31.8. The highest BCUT2D eigenvalue weighted by atomic mass is 16.4. The van der Waals surface area contributed by atoms with Crippen LogP contribution in [0.1, 0.15) is 42.7 Å². The van der Waals surface area contributed by atoms with Gasteiger partial charge < -0.3 is 20.7 Å². The second kappa shape index (κ2) is 16.0. The van der Waals surface area contributed by atoms with Gasteiger partial charge in [-0.2, -0.15) is 10.2 Å². The van der Waals surface area contributed by atoms with Gasteiger partial charge in [0, 0.05) is 78.9 Å². The van der Waals surface area contributed by atoms with Crippen LogP contribution in [-0.4, -0.2) is 78.6 Å².